The Labute approximate surface area is 134 Å². The van der Waals surface area contributed by atoms with Gasteiger partial charge in [0.1, 0.15) is 0 Å². The van der Waals surface area contributed by atoms with Gasteiger partial charge in [0, 0.05) is 0 Å². The van der Waals surface area contributed by atoms with E-state index in [2.05, 4.69) is 91.0 Å². The smallest absolute Gasteiger partial charge is 0.0619 e. The Balaban J connectivity index is 0.00000147. The third-order valence-corrected chi connectivity index (χ3v) is 5.17. The van der Waals surface area contributed by atoms with Gasteiger partial charge in [-0.05, 0) is 36.4 Å². The van der Waals surface area contributed by atoms with Crippen molar-refractivity contribution in [3.63, 3.8) is 0 Å². The van der Waals surface area contributed by atoms with E-state index in [1.165, 1.54) is 14.7 Å². The minimum Gasteiger partial charge on any atom is -0.0619 e. The Morgan fingerprint density at radius 1 is 0.400 bits per heavy atom. The van der Waals surface area contributed by atoms with Crippen LogP contribution in [0.1, 0.15) is 0 Å². The quantitative estimate of drug-likeness (QED) is 0.504. The Hall–Kier alpha value is -1.43. The molecule has 0 radical (unpaired) electrons. The third-order valence-electron chi connectivity index (χ3n) is 2.94. The van der Waals surface area contributed by atoms with Crippen LogP contribution in [0.2, 0.25) is 0 Å². The van der Waals surface area contributed by atoms with Gasteiger partial charge in [0.15, 0.2) is 14.7 Å². The first-order chi connectivity index (χ1) is 9.45. The summed E-state index contributed by atoms with van der Waals surface area (Å²) in [5, 5.41) is 0. The second-order valence-electron chi connectivity index (χ2n) is 4.25. The van der Waals surface area contributed by atoms with Crippen molar-refractivity contribution in [1.29, 1.82) is 0 Å². The van der Waals surface area contributed by atoms with Gasteiger partial charge in [-0.3, -0.25) is 0 Å². The molecule has 0 amide bonds. The molecular formula is C18H18AsS+. The summed E-state index contributed by atoms with van der Waals surface area (Å²) in [6, 6.07) is 32.2. The summed E-state index contributed by atoms with van der Waals surface area (Å²) in [6.45, 7) is 0. The molecule has 100 valence electrons. The van der Waals surface area contributed by atoms with Gasteiger partial charge in [-0.15, -0.1) is 0 Å². The number of benzene rings is 3. The van der Waals surface area contributed by atoms with Gasteiger partial charge in [0.2, 0.25) is 0 Å². The zero-order valence-electron chi connectivity index (χ0n) is 11.3. The fourth-order valence-electron chi connectivity index (χ4n) is 2.08. The van der Waals surface area contributed by atoms with E-state index in [0.29, 0.717) is 0 Å². The van der Waals surface area contributed by atoms with Crippen LogP contribution in [0.4, 0.5) is 0 Å². The van der Waals surface area contributed by atoms with E-state index >= 15 is 0 Å². The third kappa shape index (κ3) is 3.36. The van der Waals surface area contributed by atoms with Gasteiger partial charge < -0.3 is 0 Å². The maximum atomic E-state index is 2.21. The average Bonchev–Trinajstić information content (AvgIpc) is 2.51. The van der Waals surface area contributed by atoms with Gasteiger partial charge in [0.25, 0.3) is 0 Å². The summed E-state index contributed by atoms with van der Waals surface area (Å²) in [5.74, 6) is 0. The average molecular weight is 341 g/mol. The van der Waals surface area contributed by atoms with Crippen LogP contribution in [0.25, 0.3) is 0 Å². The van der Waals surface area contributed by atoms with Crippen molar-refractivity contribution in [2.45, 2.75) is 14.7 Å². The standard InChI is InChI=1S/C18H15S.AsH3/c1-4-10-16(11-5-1)19(17-12-6-2-7-13-17)18-14-8-3-9-15-18;/h1-15H;1H3/q+1;. The van der Waals surface area contributed by atoms with Crippen molar-refractivity contribution in [1.82, 2.24) is 0 Å². The molecule has 0 nitrogen and oxygen atoms in total. The summed E-state index contributed by atoms with van der Waals surface area (Å²) < 4.78 is 0. The van der Waals surface area contributed by atoms with Gasteiger partial charge in [-0.2, -0.15) is 0 Å². The van der Waals surface area contributed by atoms with Crippen molar-refractivity contribution in [2.75, 3.05) is 0 Å². The van der Waals surface area contributed by atoms with Crippen LogP contribution in [0, 0.1) is 0 Å². The first-order valence-corrected chi connectivity index (χ1v) is 7.57. The van der Waals surface area contributed by atoms with Crippen molar-refractivity contribution in [3.8, 4) is 0 Å². The zero-order chi connectivity index (χ0) is 12.9. The molecule has 1 unspecified atom stereocenters. The molecule has 0 N–H and O–H groups in total. The number of hydrogen-bond donors (Lipinski definition) is 0. The minimum absolute atomic E-state index is 0. The Kier molecular flexibility index (Phi) is 5.52. The number of hydrogen-bond acceptors (Lipinski definition) is 0. The van der Waals surface area contributed by atoms with E-state index in [4.69, 9.17) is 0 Å². The summed E-state index contributed by atoms with van der Waals surface area (Å²) in [7, 11) is -0.0146. The fraction of sp³-hybridized carbons (Fsp3) is 0. The number of rotatable bonds is 3. The second kappa shape index (κ2) is 7.38. The van der Waals surface area contributed by atoms with Crippen LogP contribution >= 0.6 is 0 Å². The van der Waals surface area contributed by atoms with Gasteiger partial charge in [-0.25, -0.2) is 0 Å². The molecule has 0 aromatic heterocycles. The van der Waals surface area contributed by atoms with Crippen molar-refractivity contribution < 1.29 is 0 Å². The van der Waals surface area contributed by atoms with E-state index in [1.54, 1.807) is 0 Å². The summed E-state index contributed by atoms with van der Waals surface area (Å²) in [4.78, 5) is 4.08. The van der Waals surface area contributed by atoms with Gasteiger partial charge >= 0.3 is 18.0 Å². The fourth-order valence-corrected chi connectivity index (χ4v) is 4.18. The molecule has 3 aromatic carbocycles. The van der Waals surface area contributed by atoms with E-state index in [0.717, 1.165) is 0 Å². The monoisotopic (exact) mass is 341 g/mol. The summed E-state index contributed by atoms with van der Waals surface area (Å²) >= 11 is 0. The summed E-state index contributed by atoms with van der Waals surface area (Å²) in [6.07, 6.45) is 0. The molecule has 0 saturated heterocycles. The molecule has 0 bridgehead atoms. The van der Waals surface area contributed by atoms with Gasteiger partial charge in [-0.1, -0.05) is 54.6 Å². The van der Waals surface area contributed by atoms with Gasteiger partial charge in [0.05, 0.1) is 10.9 Å². The maximum absolute atomic E-state index is 2.21. The first kappa shape index (κ1) is 15.0. The molecule has 0 aliphatic rings. The van der Waals surface area contributed by atoms with Crippen molar-refractivity contribution in [3.05, 3.63) is 91.0 Å². The molecule has 1 atom stereocenters. The molecular weight excluding hydrogens is 323 g/mol. The van der Waals surface area contributed by atoms with E-state index < -0.39 is 0 Å². The maximum Gasteiger partial charge on any atom is 0.166 e. The van der Waals surface area contributed by atoms with Crippen molar-refractivity contribution in [2.24, 2.45) is 0 Å². The Morgan fingerprint density at radius 2 is 0.650 bits per heavy atom. The minimum atomic E-state index is -0.0146. The Bertz CT molecular complexity index is 529. The topological polar surface area (TPSA) is 0 Å². The van der Waals surface area contributed by atoms with Crippen LogP contribution in [0.15, 0.2) is 106 Å². The molecule has 0 heterocycles. The second-order valence-corrected chi connectivity index (χ2v) is 6.27. The molecule has 0 spiro atoms. The van der Waals surface area contributed by atoms with Crippen LogP contribution in [0.3, 0.4) is 0 Å². The SMILES string of the molecule is [AsH3].c1ccc([S+](c2ccccc2)c2ccccc2)cc1. The normalized spacial score (nSPS) is 10.1. The first-order valence-electron chi connectivity index (χ1n) is 6.34. The largest absolute Gasteiger partial charge is 0.166 e. The Morgan fingerprint density at radius 3 is 0.900 bits per heavy atom. The van der Waals surface area contributed by atoms with Crippen LogP contribution in [-0.2, 0) is 10.9 Å². The predicted molar refractivity (Wildman–Crippen MR) is 91.4 cm³/mol. The molecule has 0 fully saturated rings. The molecule has 3 rings (SSSR count). The molecule has 3 aromatic rings. The molecule has 0 aliphatic carbocycles. The van der Waals surface area contributed by atoms with Crippen molar-refractivity contribution >= 4 is 28.8 Å². The van der Waals surface area contributed by atoms with E-state index in [1.807, 2.05) is 0 Å². The molecule has 0 aliphatic heterocycles. The predicted octanol–water partition coefficient (Wildman–Crippen LogP) is 3.60. The van der Waals surface area contributed by atoms with Crippen LogP contribution in [-0.4, -0.2) is 18.0 Å². The molecule has 0 saturated carbocycles. The van der Waals surface area contributed by atoms with E-state index in [9.17, 15) is 0 Å². The zero-order valence-corrected chi connectivity index (χ0v) is 15.1. The van der Waals surface area contributed by atoms with Crippen LogP contribution < -0.4 is 0 Å². The molecule has 2 heteroatoms. The van der Waals surface area contributed by atoms with E-state index in [-0.39, 0.29) is 28.8 Å². The van der Waals surface area contributed by atoms with Crippen LogP contribution in [0.5, 0.6) is 0 Å². The summed E-state index contributed by atoms with van der Waals surface area (Å²) in [5.41, 5.74) is 0. The molecule has 20 heavy (non-hydrogen) atoms.